The fourth-order valence-corrected chi connectivity index (χ4v) is 2.83. The van der Waals surface area contributed by atoms with E-state index in [0.717, 1.165) is 11.8 Å². The molecule has 1 amide bonds. The quantitative estimate of drug-likeness (QED) is 0.761. The number of rotatable bonds is 5. The number of aromatic hydroxyl groups is 2. The van der Waals surface area contributed by atoms with Crippen LogP contribution in [0.1, 0.15) is 36.0 Å². The summed E-state index contributed by atoms with van der Waals surface area (Å²) in [5.41, 5.74) is -0.0205. The number of phenols is 2. The van der Waals surface area contributed by atoms with Gasteiger partial charge < -0.3 is 15.5 Å². The maximum atomic E-state index is 12.0. The first-order chi connectivity index (χ1) is 9.16. The molecule has 1 aromatic rings. The van der Waals surface area contributed by atoms with Gasteiger partial charge in [-0.15, -0.1) is 0 Å². The lowest BCUT2D eigenvalue weighted by Crippen LogP contribution is -2.31. The average Bonchev–Trinajstić information content (AvgIpc) is 3.24. The van der Waals surface area contributed by atoms with Crippen LogP contribution in [-0.4, -0.2) is 22.7 Å². The first-order valence-electron chi connectivity index (χ1n) is 6.96. The van der Waals surface area contributed by atoms with Gasteiger partial charge in [0.1, 0.15) is 17.1 Å². The van der Waals surface area contributed by atoms with Crippen molar-refractivity contribution < 1.29 is 15.0 Å². The summed E-state index contributed by atoms with van der Waals surface area (Å²) in [5, 5.41) is 22.2. The van der Waals surface area contributed by atoms with Gasteiger partial charge in [0.15, 0.2) is 0 Å². The number of nitrogens with one attached hydrogen (secondary N) is 1. The Kier molecular flexibility index (Phi) is 3.09. The molecule has 19 heavy (non-hydrogen) atoms. The van der Waals surface area contributed by atoms with Crippen LogP contribution in [0.4, 0.5) is 0 Å². The number of amides is 1. The summed E-state index contributed by atoms with van der Waals surface area (Å²) in [6.07, 6.45) is 5.11. The van der Waals surface area contributed by atoms with Crippen LogP contribution >= 0.6 is 0 Å². The van der Waals surface area contributed by atoms with Gasteiger partial charge in [0, 0.05) is 6.54 Å². The van der Waals surface area contributed by atoms with Crippen molar-refractivity contribution in [3.05, 3.63) is 23.8 Å². The Hall–Kier alpha value is -1.71. The molecular weight excluding hydrogens is 242 g/mol. The number of hydrogen-bond acceptors (Lipinski definition) is 3. The maximum Gasteiger partial charge on any atom is 0.258 e. The van der Waals surface area contributed by atoms with Crippen molar-refractivity contribution in [2.75, 3.05) is 6.54 Å². The van der Waals surface area contributed by atoms with Crippen LogP contribution in [0.25, 0.3) is 0 Å². The Labute approximate surface area is 112 Å². The molecule has 0 saturated heterocycles. The third-order valence-electron chi connectivity index (χ3n) is 4.20. The second-order valence-electron chi connectivity index (χ2n) is 5.72. The van der Waals surface area contributed by atoms with Gasteiger partial charge in [-0.25, -0.2) is 0 Å². The fourth-order valence-electron chi connectivity index (χ4n) is 2.83. The summed E-state index contributed by atoms with van der Waals surface area (Å²) in [6.45, 7) is 0.655. The molecule has 0 aromatic heterocycles. The minimum Gasteiger partial charge on any atom is -0.507 e. The van der Waals surface area contributed by atoms with Crippen molar-refractivity contribution in [3.63, 3.8) is 0 Å². The molecule has 4 heteroatoms. The lowest BCUT2D eigenvalue weighted by molar-refractivity contribution is 0.0938. The highest BCUT2D eigenvalue weighted by atomic mass is 16.3. The predicted molar refractivity (Wildman–Crippen MR) is 71.0 cm³/mol. The van der Waals surface area contributed by atoms with Gasteiger partial charge >= 0.3 is 0 Å². The zero-order valence-electron chi connectivity index (χ0n) is 10.8. The normalized spacial score (nSPS) is 18.6. The van der Waals surface area contributed by atoms with Gasteiger partial charge in [-0.3, -0.25) is 4.79 Å². The lowest BCUT2D eigenvalue weighted by Gasteiger charge is -2.16. The Balaban J connectivity index is 1.64. The van der Waals surface area contributed by atoms with Crippen molar-refractivity contribution >= 4 is 5.91 Å². The molecule has 0 spiro atoms. The summed E-state index contributed by atoms with van der Waals surface area (Å²) in [4.78, 5) is 12.0. The number of hydrogen-bond donors (Lipinski definition) is 3. The summed E-state index contributed by atoms with van der Waals surface area (Å²) in [6, 6.07) is 4.33. The van der Waals surface area contributed by atoms with E-state index in [2.05, 4.69) is 5.32 Å². The minimum atomic E-state index is -0.387. The molecular formula is C15H19NO3. The highest BCUT2D eigenvalue weighted by molar-refractivity contribution is 5.99. The molecule has 0 atom stereocenters. The van der Waals surface area contributed by atoms with E-state index in [1.165, 1.54) is 43.9 Å². The fraction of sp³-hybridized carbons (Fsp3) is 0.533. The highest BCUT2D eigenvalue weighted by Crippen LogP contribution is 2.48. The van der Waals surface area contributed by atoms with E-state index in [1.54, 1.807) is 0 Å². The van der Waals surface area contributed by atoms with Crippen LogP contribution in [0.5, 0.6) is 11.5 Å². The smallest absolute Gasteiger partial charge is 0.258 e. The van der Waals surface area contributed by atoms with Crippen molar-refractivity contribution in [1.29, 1.82) is 0 Å². The van der Waals surface area contributed by atoms with Gasteiger partial charge in [-0.05, 0) is 55.6 Å². The van der Waals surface area contributed by atoms with E-state index in [9.17, 15) is 15.0 Å². The minimum absolute atomic E-state index is 0.0205. The first kappa shape index (κ1) is 12.3. The summed E-state index contributed by atoms with van der Waals surface area (Å²) >= 11 is 0. The van der Waals surface area contributed by atoms with E-state index in [0.29, 0.717) is 12.5 Å². The van der Waals surface area contributed by atoms with Crippen molar-refractivity contribution in [1.82, 2.24) is 5.32 Å². The molecule has 0 unspecified atom stereocenters. The second-order valence-corrected chi connectivity index (χ2v) is 5.72. The topological polar surface area (TPSA) is 69.6 Å². The Morgan fingerprint density at radius 2 is 1.68 bits per heavy atom. The number of carbonyl (C=O) groups is 1. The van der Waals surface area contributed by atoms with Crippen molar-refractivity contribution in [3.8, 4) is 11.5 Å². The third kappa shape index (κ3) is 2.67. The van der Waals surface area contributed by atoms with Gasteiger partial charge in [0.2, 0.25) is 0 Å². The zero-order chi connectivity index (χ0) is 13.4. The molecule has 0 bridgehead atoms. The van der Waals surface area contributed by atoms with Gasteiger partial charge in [-0.1, -0.05) is 6.07 Å². The summed E-state index contributed by atoms with van der Waals surface area (Å²) in [7, 11) is 0. The van der Waals surface area contributed by atoms with Crippen LogP contribution in [0.2, 0.25) is 0 Å². The van der Waals surface area contributed by atoms with Crippen LogP contribution < -0.4 is 5.32 Å². The average molecular weight is 261 g/mol. The molecule has 3 N–H and O–H groups in total. The molecule has 0 radical (unpaired) electrons. The molecule has 0 heterocycles. The van der Waals surface area contributed by atoms with E-state index < -0.39 is 0 Å². The molecule has 4 nitrogen and oxygen atoms in total. The van der Waals surface area contributed by atoms with E-state index >= 15 is 0 Å². The van der Waals surface area contributed by atoms with Crippen LogP contribution in [-0.2, 0) is 0 Å². The Morgan fingerprint density at radius 3 is 2.16 bits per heavy atom. The zero-order valence-corrected chi connectivity index (χ0v) is 10.8. The molecule has 2 saturated carbocycles. The van der Waals surface area contributed by atoms with Crippen molar-refractivity contribution in [2.24, 2.45) is 17.8 Å². The predicted octanol–water partition coefficient (Wildman–Crippen LogP) is 2.26. The second kappa shape index (κ2) is 4.76. The van der Waals surface area contributed by atoms with Crippen molar-refractivity contribution in [2.45, 2.75) is 25.7 Å². The molecule has 3 rings (SSSR count). The summed E-state index contributed by atoms with van der Waals surface area (Å²) in [5.74, 6) is 1.38. The van der Waals surface area contributed by atoms with Gasteiger partial charge in [0.25, 0.3) is 5.91 Å². The van der Waals surface area contributed by atoms with E-state index in [-0.39, 0.29) is 23.0 Å². The standard InChI is InChI=1S/C15H19NO3/c17-12-2-1-3-13(18)14(12)15(19)16-8-11(9-4-5-9)10-6-7-10/h1-3,9-11,17-18H,4-8H2,(H,16,19). The van der Waals surface area contributed by atoms with Gasteiger partial charge in [-0.2, -0.15) is 0 Å². The molecule has 2 fully saturated rings. The molecule has 102 valence electrons. The number of benzene rings is 1. The van der Waals surface area contributed by atoms with E-state index in [4.69, 9.17) is 0 Å². The Bertz CT molecular complexity index is 460. The van der Waals surface area contributed by atoms with Crippen LogP contribution in [0.3, 0.4) is 0 Å². The third-order valence-corrected chi connectivity index (χ3v) is 4.20. The Morgan fingerprint density at radius 1 is 1.16 bits per heavy atom. The number of carbonyl (C=O) groups excluding carboxylic acids is 1. The monoisotopic (exact) mass is 261 g/mol. The summed E-state index contributed by atoms with van der Waals surface area (Å²) < 4.78 is 0. The van der Waals surface area contributed by atoms with Crippen LogP contribution in [0.15, 0.2) is 18.2 Å². The maximum absolute atomic E-state index is 12.0. The molecule has 2 aliphatic rings. The highest BCUT2D eigenvalue weighted by Gasteiger charge is 2.41. The lowest BCUT2D eigenvalue weighted by atomic mass is 9.98. The number of phenolic OH excluding ortho intramolecular Hbond substituents is 2. The van der Waals surface area contributed by atoms with Gasteiger partial charge in [0.05, 0.1) is 0 Å². The van der Waals surface area contributed by atoms with E-state index in [1.807, 2.05) is 0 Å². The largest absolute Gasteiger partial charge is 0.507 e. The SMILES string of the molecule is O=C(NCC(C1CC1)C1CC1)c1c(O)cccc1O. The molecule has 0 aliphatic heterocycles. The first-order valence-corrected chi connectivity index (χ1v) is 6.96. The van der Waals surface area contributed by atoms with Crippen LogP contribution in [0, 0.1) is 17.8 Å². The molecule has 1 aromatic carbocycles. The molecule has 2 aliphatic carbocycles.